The summed E-state index contributed by atoms with van der Waals surface area (Å²) in [6, 6.07) is 0. The van der Waals surface area contributed by atoms with E-state index in [-0.39, 0.29) is 5.41 Å². The molecule has 0 bridgehead atoms. The quantitative estimate of drug-likeness (QED) is 0.497. The van der Waals surface area contributed by atoms with Gasteiger partial charge in [0, 0.05) is 5.41 Å². The number of allylic oxidation sites excluding steroid dienone is 3. The second-order valence-electron chi connectivity index (χ2n) is 5.69. The van der Waals surface area contributed by atoms with Gasteiger partial charge in [-0.2, -0.15) is 0 Å². The third-order valence-electron chi connectivity index (χ3n) is 2.99. The van der Waals surface area contributed by atoms with Gasteiger partial charge in [-0.05, 0) is 33.6 Å². The molecule has 0 atom stereocenters. The Balaban J connectivity index is 2.08. The molecule has 0 aromatic heterocycles. The van der Waals surface area contributed by atoms with Crippen molar-refractivity contribution in [2.24, 2.45) is 5.41 Å². The zero-order valence-electron chi connectivity index (χ0n) is 11.7. The number of ether oxygens (including phenoxy) is 2. The summed E-state index contributed by atoms with van der Waals surface area (Å²) < 4.78 is 10.9. The molecule has 2 nitrogen and oxygen atoms in total. The topological polar surface area (TPSA) is 18.5 Å². The van der Waals surface area contributed by atoms with Crippen molar-refractivity contribution in [1.82, 2.24) is 0 Å². The molecule has 1 saturated heterocycles. The largest absolute Gasteiger partial charge is 0.380 e. The Morgan fingerprint density at radius 2 is 1.94 bits per heavy atom. The SMILES string of the molecule is CC(C)=CCCC(C)=CCOCC1(C)COC1. The molecule has 0 saturated carbocycles. The van der Waals surface area contributed by atoms with Crippen LogP contribution in [0.15, 0.2) is 23.3 Å². The molecule has 1 rings (SSSR count). The third kappa shape index (κ3) is 6.04. The molecule has 0 N–H and O–H groups in total. The summed E-state index contributed by atoms with van der Waals surface area (Å²) in [6.07, 6.45) is 6.75. The Labute approximate surface area is 106 Å². The van der Waals surface area contributed by atoms with Crippen molar-refractivity contribution in [3.8, 4) is 0 Å². The van der Waals surface area contributed by atoms with Crippen molar-refractivity contribution in [3.63, 3.8) is 0 Å². The predicted octanol–water partition coefficient (Wildman–Crippen LogP) is 3.73. The van der Waals surface area contributed by atoms with E-state index in [1.807, 2.05) is 0 Å². The normalized spacial score (nSPS) is 18.7. The molecular formula is C15H26O2. The Bertz CT molecular complexity index is 281. The standard InChI is InChI=1S/C15H26O2/c1-13(2)6-5-7-14(3)8-9-16-10-15(4)11-17-12-15/h6,8H,5,7,9-12H2,1-4H3. The molecule has 1 aliphatic heterocycles. The van der Waals surface area contributed by atoms with Crippen LogP contribution >= 0.6 is 0 Å². The zero-order chi connectivity index (χ0) is 12.7. The monoisotopic (exact) mass is 238 g/mol. The molecule has 0 amide bonds. The van der Waals surface area contributed by atoms with E-state index in [0.717, 1.165) is 39.3 Å². The van der Waals surface area contributed by atoms with Crippen molar-refractivity contribution < 1.29 is 9.47 Å². The molecule has 0 spiro atoms. The summed E-state index contributed by atoms with van der Waals surface area (Å²) in [6.45, 7) is 11.9. The molecule has 2 heteroatoms. The van der Waals surface area contributed by atoms with Crippen LogP contribution in [-0.2, 0) is 9.47 Å². The van der Waals surface area contributed by atoms with Gasteiger partial charge in [0.2, 0.25) is 0 Å². The van der Waals surface area contributed by atoms with Crippen LogP contribution in [0.3, 0.4) is 0 Å². The van der Waals surface area contributed by atoms with Gasteiger partial charge in [0.25, 0.3) is 0 Å². The average molecular weight is 238 g/mol. The molecule has 0 unspecified atom stereocenters. The lowest BCUT2D eigenvalue weighted by atomic mass is 9.90. The maximum atomic E-state index is 5.67. The fourth-order valence-corrected chi connectivity index (χ4v) is 1.73. The second-order valence-corrected chi connectivity index (χ2v) is 5.69. The molecule has 98 valence electrons. The van der Waals surface area contributed by atoms with Crippen LogP contribution in [0, 0.1) is 5.41 Å². The molecule has 0 aromatic rings. The Kier molecular flexibility index (Phi) is 5.93. The first-order valence-electron chi connectivity index (χ1n) is 6.46. The van der Waals surface area contributed by atoms with Crippen LogP contribution in [0.2, 0.25) is 0 Å². The molecule has 17 heavy (non-hydrogen) atoms. The van der Waals surface area contributed by atoms with E-state index in [2.05, 4.69) is 39.8 Å². The van der Waals surface area contributed by atoms with E-state index < -0.39 is 0 Å². The molecule has 1 aliphatic rings. The maximum Gasteiger partial charge on any atom is 0.0650 e. The van der Waals surface area contributed by atoms with Crippen molar-refractivity contribution in [3.05, 3.63) is 23.3 Å². The third-order valence-corrected chi connectivity index (χ3v) is 2.99. The van der Waals surface area contributed by atoms with E-state index in [1.54, 1.807) is 0 Å². The highest BCUT2D eigenvalue weighted by Gasteiger charge is 2.33. The molecular weight excluding hydrogens is 212 g/mol. The highest BCUT2D eigenvalue weighted by atomic mass is 16.5. The molecule has 0 aromatic carbocycles. The molecule has 1 fully saturated rings. The fourth-order valence-electron chi connectivity index (χ4n) is 1.73. The average Bonchev–Trinajstić information content (AvgIpc) is 2.21. The highest BCUT2D eigenvalue weighted by molar-refractivity contribution is 5.02. The van der Waals surface area contributed by atoms with Crippen molar-refractivity contribution in [2.75, 3.05) is 26.4 Å². The minimum atomic E-state index is 0.268. The summed E-state index contributed by atoms with van der Waals surface area (Å²) in [5.74, 6) is 0. The lowest BCUT2D eigenvalue weighted by Crippen LogP contribution is -2.43. The van der Waals surface area contributed by atoms with E-state index in [0.29, 0.717) is 0 Å². The Morgan fingerprint density at radius 1 is 1.24 bits per heavy atom. The second kappa shape index (κ2) is 6.97. The molecule has 1 heterocycles. The van der Waals surface area contributed by atoms with Gasteiger partial charge < -0.3 is 9.47 Å². The van der Waals surface area contributed by atoms with E-state index in [4.69, 9.17) is 9.47 Å². The van der Waals surface area contributed by atoms with Crippen molar-refractivity contribution >= 4 is 0 Å². The van der Waals surface area contributed by atoms with Gasteiger partial charge in [0.1, 0.15) is 0 Å². The zero-order valence-corrected chi connectivity index (χ0v) is 11.7. The Hall–Kier alpha value is -0.600. The number of hydrogen-bond donors (Lipinski definition) is 0. The van der Waals surface area contributed by atoms with Gasteiger partial charge >= 0.3 is 0 Å². The van der Waals surface area contributed by atoms with Gasteiger partial charge in [0.15, 0.2) is 0 Å². The number of hydrogen-bond acceptors (Lipinski definition) is 2. The first kappa shape index (κ1) is 14.5. The van der Waals surface area contributed by atoms with Gasteiger partial charge in [-0.15, -0.1) is 0 Å². The van der Waals surface area contributed by atoms with Gasteiger partial charge in [0.05, 0.1) is 26.4 Å². The summed E-state index contributed by atoms with van der Waals surface area (Å²) >= 11 is 0. The Morgan fingerprint density at radius 3 is 2.47 bits per heavy atom. The van der Waals surface area contributed by atoms with E-state index in [9.17, 15) is 0 Å². The summed E-state index contributed by atoms with van der Waals surface area (Å²) in [5.41, 5.74) is 3.08. The predicted molar refractivity (Wildman–Crippen MR) is 72.2 cm³/mol. The van der Waals surface area contributed by atoms with Gasteiger partial charge in [-0.1, -0.05) is 30.2 Å². The molecule has 0 radical (unpaired) electrons. The first-order valence-corrected chi connectivity index (χ1v) is 6.46. The lowest BCUT2D eigenvalue weighted by Gasteiger charge is -2.37. The van der Waals surface area contributed by atoms with E-state index >= 15 is 0 Å². The van der Waals surface area contributed by atoms with Gasteiger partial charge in [-0.3, -0.25) is 0 Å². The smallest absolute Gasteiger partial charge is 0.0650 e. The maximum absolute atomic E-state index is 5.67. The van der Waals surface area contributed by atoms with Crippen LogP contribution in [0.4, 0.5) is 0 Å². The minimum Gasteiger partial charge on any atom is -0.380 e. The van der Waals surface area contributed by atoms with E-state index in [1.165, 1.54) is 11.1 Å². The first-order chi connectivity index (χ1) is 8.02. The van der Waals surface area contributed by atoms with Crippen LogP contribution in [-0.4, -0.2) is 26.4 Å². The van der Waals surface area contributed by atoms with Crippen LogP contribution in [0.25, 0.3) is 0 Å². The highest BCUT2D eigenvalue weighted by Crippen LogP contribution is 2.26. The van der Waals surface area contributed by atoms with Crippen molar-refractivity contribution in [1.29, 1.82) is 0 Å². The van der Waals surface area contributed by atoms with Crippen LogP contribution in [0.5, 0.6) is 0 Å². The summed E-state index contributed by atoms with van der Waals surface area (Å²) in [4.78, 5) is 0. The molecule has 0 aliphatic carbocycles. The summed E-state index contributed by atoms with van der Waals surface area (Å²) in [5, 5.41) is 0. The van der Waals surface area contributed by atoms with Crippen LogP contribution in [0.1, 0.15) is 40.5 Å². The van der Waals surface area contributed by atoms with Crippen LogP contribution < -0.4 is 0 Å². The lowest BCUT2D eigenvalue weighted by molar-refractivity contribution is -0.135. The summed E-state index contributed by atoms with van der Waals surface area (Å²) in [7, 11) is 0. The van der Waals surface area contributed by atoms with Gasteiger partial charge in [-0.25, -0.2) is 0 Å². The minimum absolute atomic E-state index is 0.268. The fraction of sp³-hybridized carbons (Fsp3) is 0.733. The van der Waals surface area contributed by atoms with Crippen molar-refractivity contribution in [2.45, 2.75) is 40.5 Å². The number of rotatable bonds is 7.